The number of hydrogen-bond donors (Lipinski definition) is 4. The molecule has 0 bridgehead atoms. The number of nitrogens with one attached hydrogen (secondary N) is 3. The molecule has 7 heteroatoms. The smallest absolute Gasteiger partial charge is 0.277 e. The maximum absolute atomic E-state index is 11.6. The third-order valence-corrected chi connectivity index (χ3v) is 3.80. The number of benzene rings is 1. The van der Waals surface area contributed by atoms with Crippen molar-refractivity contribution in [3.8, 4) is 0 Å². The fourth-order valence-corrected chi connectivity index (χ4v) is 2.56. The van der Waals surface area contributed by atoms with Gasteiger partial charge in [-0.2, -0.15) is 17.9 Å². The van der Waals surface area contributed by atoms with E-state index in [0.29, 0.717) is 5.56 Å². The van der Waals surface area contributed by atoms with Crippen molar-refractivity contribution in [3.05, 3.63) is 35.4 Å². The van der Waals surface area contributed by atoms with E-state index in [1.807, 2.05) is 0 Å². The summed E-state index contributed by atoms with van der Waals surface area (Å²) in [5.41, 5.74) is 6.77. The molecule has 1 saturated carbocycles. The lowest BCUT2D eigenvalue weighted by molar-refractivity contribution is 0.565. The lowest BCUT2D eigenvalue weighted by atomic mass is 10.1. The molecule has 0 radical (unpaired) electrons. The van der Waals surface area contributed by atoms with Gasteiger partial charge in [-0.25, -0.2) is 0 Å². The third kappa shape index (κ3) is 3.80. The molecule has 98 valence electrons. The minimum absolute atomic E-state index is 0.00229. The van der Waals surface area contributed by atoms with Gasteiger partial charge in [0, 0.05) is 18.2 Å². The summed E-state index contributed by atoms with van der Waals surface area (Å²) in [5, 5.41) is 7.25. The fourth-order valence-electron chi connectivity index (χ4n) is 1.44. The second-order valence-electron chi connectivity index (χ2n) is 4.33. The van der Waals surface area contributed by atoms with E-state index in [9.17, 15) is 8.42 Å². The highest BCUT2D eigenvalue weighted by molar-refractivity contribution is 7.87. The third-order valence-electron chi connectivity index (χ3n) is 2.63. The van der Waals surface area contributed by atoms with Crippen molar-refractivity contribution in [2.24, 2.45) is 5.73 Å². The Morgan fingerprint density at radius 2 is 1.94 bits per heavy atom. The summed E-state index contributed by atoms with van der Waals surface area (Å²) in [7, 11) is -3.41. The van der Waals surface area contributed by atoms with Crippen molar-refractivity contribution in [2.45, 2.75) is 25.4 Å². The van der Waals surface area contributed by atoms with Gasteiger partial charge in [0.15, 0.2) is 0 Å². The van der Waals surface area contributed by atoms with Crippen molar-refractivity contribution in [1.29, 1.82) is 5.41 Å². The largest absolute Gasteiger partial charge is 0.384 e. The minimum atomic E-state index is -3.41. The Kier molecular flexibility index (Phi) is 3.65. The number of hydrogen-bond acceptors (Lipinski definition) is 3. The van der Waals surface area contributed by atoms with Gasteiger partial charge in [-0.15, -0.1) is 0 Å². The molecular weight excluding hydrogens is 252 g/mol. The van der Waals surface area contributed by atoms with Crippen molar-refractivity contribution in [1.82, 2.24) is 9.44 Å². The molecule has 0 unspecified atom stereocenters. The Morgan fingerprint density at radius 1 is 1.33 bits per heavy atom. The summed E-state index contributed by atoms with van der Waals surface area (Å²) in [5.74, 6) is -0.00229. The fraction of sp³-hybridized carbons (Fsp3) is 0.364. The zero-order chi connectivity index (χ0) is 13.2. The zero-order valence-electron chi connectivity index (χ0n) is 9.81. The molecule has 2 rings (SSSR count). The maximum atomic E-state index is 11.6. The quantitative estimate of drug-likeness (QED) is 0.432. The highest BCUT2D eigenvalue weighted by atomic mass is 32.2. The molecule has 1 aliphatic carbocycles. The maximum Gasteiger partial charge on any atom is 0.277 e. The second kappa shape index (κ2) is 5.05. The van der Waals surface area contributed by atoms with Gasteiger partial charge in [-0.05, 0) is 18.4 Å². The summed E-state index contributed by atoms with van der Waals surface area (Å²) in [6.45, 7) is 0.222. The van der Waals surface area contributed by atoms with E-state index >= 15 is 0 Å². The van der Waals surface area contributed by atoms with E-state index in [2.05, 4.69) is 9.44 Å². The molecule has 1 fully saturated rings. The van der Waals surface area contributed by atoms with E-state index in [4.69, 9.17) is 11.1 Å². The Balaban J connectivity index is 1.91. The molecule has 1 aliphatic rings. The van der Waals surface area contributed by atoms with Gasteiger partial charge in [0.1, 0.15) is 5.84 Å². The minimum Gasteiger partial charge on any atom is -0.384 e. The van der Waals surface area contributed by atoms with Crippen LogP contribution in [0.2, 0.25) is 0 Å². The number of rotatable bonds is 6. The van der Waals surface area contributed by atoms with Crippen LogP contribution < -0.4 is 15.2 Å². The first kappa shape index (κ1) is 13.0. The lowest BCUT2D eigenvalue weighted by Gasteiger charge is -2.07. The molecular formula is C11H16N4O2S. The van der Waals surface area contributed by atoms with Crippen molar-refractivity contribution >= 4 is 16.0 Å². The van der Waals surface area contributed by atoms with E-state index in [1.54, 1.807) is 24.3 Å². The Labute approximate surface area is 106 Å². The highest BCUT2D eigenvalue weighted by Gasteiger charge is 2.26. The van der Waals surface area contributed by atoms with Gasteiger partial charge >= 0.3 is 0 Å². The molecule has 1 aromatic rings. The standard InChI is InChI=1S/C11H16N4O2S/c12-11(13)9-3-1-8(2-4-9)7-14-18(16,17)15-10-5-6-10/h1-4,10,14-15H,5-7H2,(H3,12,13). The summed E-state index contributed by atoms with van der Waals surface area (Å²) < 4.78 is 28.1. The van der Waals surface area contributed by atoms with Crippen LogP contribution in [0.15, 0.2) is 24.3 Å². The van der Waals surface area contributed by atoms with Gasteiger partial charge in [-0.1, -0.05) is 24.3 Å². The Morgan fingerprint density at radius 3 is 2.44 bits per heavy atom. The molecule has 0 amide bonds. The van der Waals surface area contributed by atoms with Gasteiger partial charge in [-0.3, -0.25) is 5.41 Å². The first-order valence-electron chi connectivity index (χ1n) is 5.66. The van der Waals surface area contributed by atoms with Crippen LogP contribution in [0.25, 0.3) is 0 Å². The monoisotopic (exact) mass is 268 g/mol. The topological polar surface area (TPSA) is 108 Å². The predicted molar refractivity (Wildman–Crippen MR) is 69.4 cm³/mol. The van der Waals surface area contributed by atoms with E-state index < -0.39 is 10.2 Å². The zero-order valence-corrected chi connectivity index (χ0v) is 10.6. The molecule has 5 N–H and O–H groups in total. The van der Waals surface area contributed by atoms with Crippen molar-refractivity contribution in [3.63, 3.8) is 0 Å². The molecule has 0 spiro atoms. The number of nitrogen functional groups attached to an aromatic ring is 1. The summed E-state index contributed by atoms with van der Waals surface area (Å²) >= 11 is 0. The average molecular weight is 268 g/mol. The normalized spacial score (nSPS) is 15.6. The number of amidine groups is 1. The van der Waals surface area contributed by atoms with Gasteiger partial charge < -0.3 is 5.73 Å². The predicted octanol–water partition coefficient (Wildman–Crippen LogP) is 0.0571. The van der Waals surface area contributed by atoms with Crippen LogP contribution in [-0.4, -0.2) is 20.3 Å². The van der Waals surface area contributed by atoms with Crippen molar-refractivity contribution < 1.29 is 8.42 Å². The van der Waals surface area contributed by atoms with Gasteiger partial charge in [0.2, 0.25) is 0 Å². The SMILES string of the molecule is N=C(N)c1ccc(CNS(=O)(=O)NC2CC2)cc1. The van der Waals surface area contributed by atoms with Crippen LogP contribution in [0.4, 0.5) is 0 Å². The summed E-state index contributed by atoms with van der Waals surface area (Å²) in [6.07, 6.45) is 1.82. The van der Waals surface area contributed by atoms with Crippen LogP contribution in [0.5, 0.6) is 0 Å². The average Bonchev–Trinajstić information content (AvgIpc) is 3.10. The Hall–Kier alpha value is -1.44. The van der Waals surface area contributed by atoms with E-state index in [1.165, 1.54) is 0 Å². The van der Waals surface area contributed by atoms with Gasteiger partial charge in [0.25, 0.3) is 10.2 Å². The van der Waals surface area contributed by atoms with Crippen LogP contribution in [0.1, 0.15) is 24.0 Å². The van der Waals surface area contributed by atoms with Crippen molar-refractivity contribution in [2.75, 3.05) is 0 Å². The van der Waals surface area contributed by atoms with E-state index in [0.717, 1.165) is 18.4 Å². The van der Waals surface area contributed by atoms with Crippen LogP contribution >= 0.6 is 0 Å². The molecule has 0 aliphatic heterocycles. The summed E-state index contributed by atoms with van der Waals surface area (Å²) in [6, 6.07) is 6.98. The molecule has 18 heavy (non-hydrogen) atoms. The summed E-state index contributed by atoms with van der Waals surface area (Å²) in [4.78, 5) is 0. The van der Waals surface area contributed by atoms with Crippen LogP contribution in [-0.2, 0) is 16.8 Å². The van der Waals surface area contributed by atoms with Gasteiger partial charge in [0.05, 0.1) is 0 Å². The lowest BCUT2D eigenvalue weighted by Crippen LogP contribution is -2.37. The first-order valence-corrected chi connectivity index (χ1v) is 7.15. The molecule has 1 aromatic carbocycles. The van der Waals surface area contributed by atoms with Crippen LogP contribution in [0, 0.1) is 5.41 Å². The van der Waals surface area contributed by atoms with Crippen LogP contribution in [0.3, 0.4) is 0 Å². The first-order chi connectivity index (χ1) is 8.46. The Bertz CT molecular complexity index is 535. The molecule has 0 saturated heterocycles. The highest BCUT2D eigenvalue weighted by Crippen LogP contribution is 2.19. The molecule has 6 nitrogen and oxygen atoms in total. The van der Waals surface area contributed by atoms with E-state index in [-0.39, 0.29) is 18.4 Å². The second-order valence-corrected chi connectivity index (χ2v) is 5.86. The molecule has 0 atom stereocenters. The molecule has 0 aromatic heterocycles. The number of nitrogens with two attached hydrogens (primary N) is 1. The molecule has 0 heterocycles.